The van der Waals surface area contributed by atoms with Gasteiger partial charge in [0.05, 0.1) is 23.8 Å². The summed E-state index contributed by atoms with van der Waals surface area (Å²) in [6.45, 7) is 0.229. The van der Waals surface area contributed by atoms with Crippen LogP contribution in [0.4, 0.5) is 0 Å². The summed E-state index contributed by atoms with van der Waals surface area (Å²) in [6, 6.07) is 7.23. The molecule has 0 aliphatic heterocycles. The van der Waals surface area contributed by atoms with E-state index >= 15 is 0 Å². The van der Waals surface area contributed by atoms with E-state index in [4.69, 9.17) is 0 Å². The number of benzene rings is 1. The van der Waals surface area contributed by atoms with Gasteiger partial charge >= 0.3 is 5.69 Å². The molecule has 0 saturated heterocycles. The van der Waals surface area contributed by atoms with Crippen LogP contribution in [0, 0.1) is 0 Å². The van der Waals surface area contributed by atoms with Gasteiger partial charge in [0.1, 0.15) is 12.2 Å². The van der Waals surface area contributed by atoms with Gasteiger partial charge in [-0.25, -0.2) is 4.79 Å². The van der Waals surface area contributed by atoms with Crippen LogP contribution >= 0.6 is 0 Å². The maximum atomic E-state index is 11.9. The van der Waals surface area contributed by atoms with Gasteiger partial charge in [-0.2, -0.15) is 15.4 Å². The number of amides is 1. The van der Waals surface area contributed by atoms with Crippen LogP contribution in [0.15, 0.2) is 35.3 Å². The first-order valence-electron chi connectivity index (χ1n) is 6.03. The third-order valence-corrected chi connectivity index (χ3v) is 2.91. The van der Waals surface area contributed by atoms with E-state index in [1.807, 2.05) is 12.1 Å². The van der Waals surface area contributed by atoms with E-state index in [1.165, 1.54) is 10.8 Å². The van der Waals surface area contributed by atoms with Crippen molar-refractivity contribution in [2.75, 3.05) is 0 Å². The Kier molecular flexibility index (Phi) is 3.04. The number of carbonyl (C=O) groups is 1. The number of hydrogen-bond acceptors (Lipinski definition) is 4. The summed E-state index contributed by atoms with van der Waals surface area (Å²) < 4.78 is 1.40. The molecule has 0 spiro atoms. The summed E-state index contributed by atoms with van der Waals surface area (Å²) >= 11 is 0. The Balaban J connectivity index is 1.74. The van der Waals surface area contributed by atoms with E-state index in [9.17, 15) is 9.59 Å². The SMILES string of the molecule is O=C(Cn1c(=O)[nH]c2ccccc21)NCc1cn[nH]n1. The smallest absolute Gasteiger partial charge is 0.326 e. The van der Waals surface area contributed by atoms with Gasteiger partial charge in [0.2, 0.25) is 5.91 Å². The monoisotopic (exact) mass is 272 g/mol. The van der Waals surface area contributed by atoms with Crippen molar-refractivity contribution in [3.05, 3.63) is 46.6 Å². The van der Waals surface area contributed by atoms with Gasteiger partial charge in [0.25, 0.3) is 0 Å². The van der Waals surface area contributed by atoms with E-state index < -0.39 is 0 Å². The first kappa shape index (κ1) is 12.2. The van der Waals surface area contributed by atoms with Gasteiger partial charge in [-0.3, -0.25) is 9.36 Å². The second-order valence-corrected chi connectivity index (χ2v) is 4.27. The second-order valence-electron chi connectivity index (χ2n) is 4.27. The average Bonchev–Trinajstić information content (AvgIpc) is 3.06. The average molecular weight is 272 g/mol. The molecule has 0 radical (unpaired) electrons. The first-order chi connectivity index (χ1) is 9.74. The number of carbonyl (C=O) groups excluding carboxylic acids is 1. The molecule has 0 atom stereocenters. The number of aromatic amines is 2. The minimum Gasteiger partial charge on any atom is -0.349 e. The lowest BCUT2D eigenvalue weighted by Crippen LogP contribution is -2.31. The quantitative estimate of drug-likeness (QED) is 0.609. The van der Waals surface area contributed by atoms with E-state index in [0.29, 0.717) is 16.7 Å². The van der Waals surface area contributed by atoms with Crippen LogP contribution in [0.1, 0.15) is 5.69 Å². The number of rotatable bonds is 4. The van der Waals surface area contributed by atoms with Crippen molar-refractivity contribution in [1.82, 2.24) is 30.3 Å². The van der Waals surface area contributed by atoms with Crippen LogP contribution in [0.25, 0.3) is 11.0 Å². The lowest BCUT2D eigenvalue weighted by Gasteiger charge is -2.04. The third kappa shape index (κ3) is 2.30. The predicted molar refractivity (Wildman–Crippen MR) is 70.8 cm³/mol. The molecular weight excluding hydrogens is 260 g/mol. The summed E-state index contributed by atoms with van der Waals surface area (Å²) in [5.74, 6) is -0.264. The van der Waals surface area contributed by atoms with E-state index in [0.717, 1.165) is 0 Å². The zero-order chi connectivity index (χ0) is 13.9. The molecule has 0 aliphatic carbocycles. The molecule has 3 aromatic rings. The summed E-state index contributed by atoms with van der Waals surface area (Å²) in [5.41, 5.74) is 1.74. The maximum absolute atomic E-state index is 11.9. The van der Waals surface area contributed by atoms with E-state index in [2.05, 4.69) is 25.7 Å². The Bertz CT molecular complexity index is 786. The van der Waals surface area contributed by atoms with Gasteiger partial charge in [-0.1, -0.05) is 12.1 Å². The molecule has 3 N–H and O–H groups in total. The van der Waals surface area contributed by atoms with Gasteiger partial charge in [0.15, 0.2) is 0 Å². The second kappa shape index (κ2) is 5.00. The molecular formula is C12H12N6O2. The molecule has 8 heteroatoms. The number of nitrogens with zero attached hydrogens (tertiary/aromatic N) is 3. The normalized spacial score (nSPS) is 10.8. The van der Waals surface area contributed by atoms with Crippen LogP contribution < -0.4 is 11.0 Å². The Hall–Kier alpha value is -2.90. The van der Waals surface area contributed by atoms with Crippen molar-refractivity contribution in [1.29, 1.82) is 0 Å². The molecule has 1 aromatic carbocycles. The minimum atomic E-state index is -0.303. The van der Waals surface area contributed by atoms with Crippen molar-refractivity contribution in [2.24, 2.45) is 0 Å². The molecule has 102 valence electrons. The minimum absolute atomic E-state index is 0.0410. The van der Waals surface area contributed by atoms with Crippen molar-refractivity contribution in [2.45, 2.75) is 13.1 Å². The van der Waals surface area contributed by atoms with Crippen LogP contribution in [0.5, 0.6) is 0 Å². The molecule has 20 heavy (non-hydrogen) atoms. The fraction of sp³-hybridized carbons (Fsp3) is 0.167. The molecule has 0 aliphatic rings. The topological polar surface area (TPSA) is 108 Å². The van der Waals surface area contributed by atoms with E-state index in [1.54, 1.807) is 12.1 Å². The highest BCUT2D eigenvalue weighted by Crippen LogP contribution is 2.08. The number of imidazole rings is 1. The highest BCUT2D eigenvalue weighted by molar-refractivity contribution is 5.80. The summed E-state index contributed by atoms with van der Waals surface area (Å²) in [4.78, 5) is 26.4. The predicted octanol–water partition coefficient (Wildman–Crippen LogP) is -0.236. The Morgan fingerprint density at radius 1 is 1.35 bits per heavy atom. The van der Waals surface area contributed by atoms with Gasteiger partial charge in [-0.15, -0.1) is 0 Å². The summed E-state index contributed by atoms with van der Waals surface area (Å²) in [5, 5.41) is 12.6. The van der Waals surface area contributed by atoms with Crippen molar-refractivity contribution < 1.29 is 4.79 Å². The Morgan fingerprint density at radius 2 is 2.20 bits per heavy atom. The van der Waals surface area contributed by atoms with Crippen molar-refractivity contribution in [3.8, 4) is 0 Å². The number of para-hydroxylation sites is 2. The van der Waals surface area contributed by atoms with Crippen LogP contribution in [0.3, 0.4) is 0 Å². The first-order valence-corrected chi connectivity index (χ1v) is 6.03. The largest absolute Gasteiger partial charge is 0.349 e. The van der Waals surface area contributed by atoms with Gasteiger partial charge in [-0.05, 0) is 12.1 Å². The Morgan fingerprint density at radius 3 is 3.00 bits per heavy atom. The number of H-pyrrole nitrogens is 2. The molecule has 8 nitrogen and oxygen atoms in total. The lowest BCUT2D eigenvalue weighted by molar-refractivity contribution is -0.121. The lowest BCUT2D eigenvalue weighted by atomic mass is 10.3. The summed E-state index contributed by atoms with van der Waals surface area (Å²) in [6.07, 6.45) is 1.53. The number of fused-ring (bicyclic) bond motifs is 1. The zero-order valence-electron chi connectivity index (χ0n) is 10.5. The molecule has 0 saturated carbocycles. The molecule has 1 amide bonds. The van der Waals surface area contributed by atoms with Crippen LogP contribution in [0.2, 0.25) is 0 Å². The van der Waals surface area contributed by atoms with E-state index in [-0.39, 0.29) is 24.7 Å². The van der Waals surface area contributed by atoms with Crippen molar-refractivity contribution >= 4 is 16.9 Å². The highest BCUT2D eigenvalue weighted by atomic mass is 16.2. The molecule has 0 fully saturated rings. The maximum Gasteiger partial charge on any atom is 0.326 e. The van der Waals surface area contributed by atoms with Crippen molar-refractivity contribution in [3.63, 3.8) is 0 Å². The summed E-state index contributed by atoms with van der Waals surface area (Å²) in [7, 11) is 0. The van der Waals surface area contributed by atoms with Gasteiger partial charge in [0, 0.05) is 0 Å². The molecule has 2 heterocycles. The number of nitrogens with one attached hydrogen (secondary N) is 3. The standard InChI is InChI=1S/C12H12N6O2/c19-11(13-5-8-6-14-17-16-8)7-18-10-4-2-1-3-9(10)15-12(18)20/h1-4,6H,5,7H2,(H,13,19)(H,15,20)(H,14,16,17). The number of hydrogen-bond donors (Lipinski definition) is 3. The van der Waals surface area contributed by atoms with Crippen LogP contribution in [-0.2, 0) is 17.9 Å². The molecule has 2 aromatic heterocycles. The number of aromatic nitrogens is 5. The molecule has 0 bridgehead atoms. The fourth-order valence-corrected chi connectivity index (χ4v) is 1.96. The third-order valence-electron chi connectivity index (χ3n) is 2.91. The van der Waals surface area contributed by atoms with Crippen LogP contribution in [-0.4, -0.2) is 30.9 Å². The molecule has 3 rings (SSSR count). The highest BCUT2D eigenvalue weighted by Gasteiger charge is 2.10. The molecule has 0 unspecified atom stereocenters. The van der Waals surface area contributed by atoms with Gasteiger partial charge < -0.3 is 10.3 Å². The zero-order valence-corrected chi connectivity index (χ0v) is 10.5. The Labute approximate surface area is 112 Å². The fourth-order valence-electron chi connectivity index (χ4n) is 1.96.